The van der Waals surface area contributed by atoms with Crippen LogP contribution in [-0.2, 0) is 77.9 Å². The number of rotatable bonds is 11. The lowest BCUT2D eigenvalue weighted by atomic mass is 9.90. The number of carbonyl (C=O) groups is 11. The molecule has 1 aliphatic carbocycles. The Morgan fingerprint density at radius 1 is 0.596 bits per heavy atom. The van der Waals surface area contributed by atoms with Crippen LogP contribution in [-0.4, -0.2) is 233 Å². The zero-order valence-electron chi connectivity index (χ0n) is 58.4. The zero-order valence-corrected chi connectivity index (χ0v) is 58.4. The fourth-order valence-corrected chi connectivity index (χ4v) is 12.7. The molecule has 2 heterocycles. The molecule has 552 valence electrons. The Morgan fingerprint density at radius 3 is 1.68 bits per heavy atom. The van der Waals surface area contributed by atoms with Crippen molar-refractivity contribution in [3.8, 4) is 0 Å². The van der Waals surface area contributed by atoms with Crippen LogP contribution in [0.5, 0.6) is 0 Å². The van der Waals surface area contributed by atoms with Crippen molar-refractivity contribution in [1.29, 1.82) is 0 Å². The maximum Gasteiger partial charge on any atom is 0.422 e. The molecule has 3 fully saturated rings. The molecule has 11 amide bonds. The predicted molar refractivity (Wildman–Crippen MR) is 341 cm³/mol. The summed E-state index contributed by atoms with van der Waals surface area (Å²) >= 11 is 0. The van der Waals surface area contributed by atoms with E-state index in [9.17, 15) is 83.1 Å². The van der Waals surface area contributed by atoms with E-state index in [-0.39, 0.29) is 37.2 Å². The Bertz CT molecular complexity index is 3270. The fraction of sp³-hybridized carbons (Fsp3) is 0.657. The smallest absolute Gasteiger partial charge is 0.343 e. The van der Waals surface area contributed by atoms with Crippen molar-refractivity contribution < 1.29 is 96.6 Å². The topological polar surface area (TPSA) is 250 Å². The van der Waals surface area contributed by atoms with Gasteiger partial charge in [0.1, 0.15) is 59.0 Å². The lowest BCUT2D eigenvalue weighted by Gasteiger charge is -2.41. The molecule has 2 aromatic carbocycles. The number of nitrogens with one attached hydrogen (secondary N) is 3. The fourth-order valence-electron chi connectivity index (χ4n) is 12.7. The summed E-state index contributed by atoms with van der Waals surface area (Å²) in [5, 5.41) is 7.71. The zero-order chi connectivity index (χ0) is 74.9. The maximum absolute atomic E-state index is 16.0. The number of carbonyl (C=O) groups excluding carboxylic acids is 11. The summed E-state index contributed by atoms with van der Waals surface area (Å²) in [6.07, 6.45) is -13.0. The molecule has 0 bridgehead atoms. The standard InChI is InChI=1S/C67H93F10N11O11/c1-15-38(5)55-61(97)83(10)34-52(91)81(8)35-53(92)86(13)48(31-41-19-22-43(23-20-41)66(72,73)74)60(96)82(9)33-50(89)78-46(24-21-42-29-44(68)54(45(69)30-42)67(75,76)77)59(95)88-36-65(70,71)32-49(88)58(94)80-64(25-17-18-26-64)63(99)87(14)56(39(6)16-2)62(98)84(11)40(7)28-51(90)85(12)47(27-37(3)4)57(93)79-55/h19-20,22-23,29-30,37-40,46-49,55-56H,15-18,21,24-28,31-36H2,1-14H3,(H,78,89)(H,79,93)(H,80,94)/t38-,39-,40+,46-,47-,48-,49?,55-,56-/m0/s1. The van der Waals surface area contributed by atoms with Gasteiger partial charge in [0.15, 0.2) is 0 Å². The molecule has 1 spiro atoms. The number of aryl methyl sites for hydroxylation is 1. The van der Waals surface area contributed by atoms with Crippen molar-refractivity contribution in [2.45, 2.75) is 192 Å². The SMILES string of the molecule is CC[C@H](C)[C@@H]1NC(=O)[C@H](CC(C)C)N(C)C(=O)C[C@@H](C)N(C)C(=O)[C@H]([C@@H](C)CC)N(C)C(=O)C2(CCCC2)NC(=O)C2CC(F)(F)CN2C(=O)[C@H](CCc2cc(F)c(C(F)(F)F)c(F)c2)NC(=O)CN(C)C(=O)[C@H](Cc2ccc(C(F)(F)F)cc2)N(C)C(=O)CN(C)C(=O)CN(C)C1=O. The van der Waals surface area contributed by atoms with E-state index in [0.29, 0.717) is 59.7 Å². The van der Waals surface area contributed by atoms with Crippen molar-refractivity contribution in [3.05, 3.63) is 70.3 Å². The molecule has 32 heteroatoms. The lowest BCUT2D eigenvalue weighted by Crippen LogP contribution is -2.64. The minimum atomic E-state index is -5.50. The second-order valence-corrected chi connectivity index (χ2v) is 27.2. The van der Waals surface area contributed by atoms with Crippen molar-refractivity contribution in [1.82, 2.24) is 55.1 Å². The van der Waals surface area contributed by atoms with Crippen LogP contribution in [0.2, 0.25) is 0 Å². The van der Waals surface area contributed by atoms with E-state index in [1.807, 2.05) is 13.8 Å². The van der Waals surface area contributed by atoms with Gasteiger partial charge in [0, 0.05) is 74.6 Å². The summed E-state index contributed by atoms with van der Waals surface area (Å²) in [5.41, 5.74) is -5.70. The third kappa shape index (κ3) is 20.3. The van der Waals surface area contributed by atoms with Gasteiger partial charge in [-0.15, -0.1) is 0 Å². The van der Waals surface area contributed by atoms with Gasteiger partial charge in [0.25, 0.3) is 5.92 Å². The quantitative estimate of drug-likeness (QED) is 0.218. The first-order valence-corrected chi connectivity index (χ1v) is 32.9. The first-order valence-electron chi connectivity index (χ1n) is 32.9. The minimum absolute atomic E-state index is 0.0418. The summed E-state index contributed by atoms with van der Waals surface area (Å²) in [6, 6.07) is -6.55. The number of halogens is 10. The summed E-state index contributed by atoms with van der Waals surface area (Å²) in [5.74, 6) is -19.8. The van der Waals surface area contributed by atoms with E-state index in [4.69, 9.17) is 0 Å². The Hall–Kier alpha value is -8.09. The van der Waals surface area contributed by atoms with Gasteiger partial charge < -0.3 is 55.1 Å². The molecular weight excluding hydrogens is 1320 g/mol. The number of amides is 11. The van der Waals surface area contributed by atoms with Gasteiger partial charge in [0.2, 0.25) is 65.0 Å². The monoisotopic (exact) mass is 1420 g/mol. The second kappa shape index (κ2) is 33.4. The van der Waals surface area contributed by atoms with Crippen LogP contribution in [0.15, 0.2) is 36.4 Å². The minimum Gasteiger partial charge on any atom is -0.343 e. The van der Waals surface area contributed by atoms with Crippen LogP contribution in [0, 0.1) is 29.4 Å². The van der Waals surface area contributed by atoms with E-state index in [0.717, 1.165) is 45.8 Å². The van der Waals surface area contributed by atoms with Gasteiger partial charge in [-0.3, -0.25) is 52.7 Å². The summed E-state index contributed by atoms with van der Waals surface area (Å²) < 4.78 is 144. The molecule has 1 unspecified atom stereocenters. The highest BCUT2D eigenvalue weighted by atomic mass is 19.4. The van der Waals surface area contributed by atoms with Crippen LogP contribution < -0.4 is 16.0 Å². The Kier molecular flexibility index (Phi) is 27.5. The van der Waals surface area contributed by atoms with Crippen LogP contribution in [0.3, 0.4) is 0 Å². The van der Waals surface area contributed by atoms with Crippen LogP contribution in [0.25, 0.3) is 0 Å². The molecule has 99 heavy (non-hydrogen) atoms. The van der Waals surface area contributed by atoms with Crippen molar-refractivity contribution in [3.63, 3.8) is 0 Å². The first-order chi connectivity index (χ1) is 45.8. The number of nitrogens with zero attached hydrogens (tertiary/aromatic N) is 8. The normalized spacial score (nSPS) is 25.0. The molecular formula is C67H93F10N11O11. The number of hydrogen-bond acceptors (Lipinski definition) is 11. The van der Waals surface area contributed by atoms with Crippen LogP contribution in [0.1, 0.15) is 135 Å². The highest BCUT2D eigenvalue weighted by Gasteiger charge is 2.55. The molecule has 2 aromatic rings. The van der Waals surface area contributed by atoms with Crippen molar-refractivity contribution in [2.75, 3.05) is 75.5 Å². The second-order valence-electron chi connectivity index (χ2n) is 27.2. The average Bonchev–Trinajstić information content (AvgIpc) is 1.66. The first kappa shape index (κ1) is 81.6. The van der Waals surface area contributed by atoms with E-state index in [1.165, 1.54) is 45.0 Å². The molecule has 3 aliphatic rings. The highest BCUT2D eigenvalue weighted by molar-refractivity contribution is 5.99. The third-order valence-corrected chi connectivity index (χ3v) is 19.3. The molecule has 1 saturated carbocycles. The number of benzene rings is 2. The molecule has 0 radical (unpaired) electrons. The average molecular weight is 1420 g/mol. The van der Waals surface area contributed by atoms with E-state index >= 15 is 13.6 Å². The van der Waals surface area contributed by atoms with Crippen molar-refractivity contribution in [2.24, 2.45) is 17.8 Å². The Labute approximate surface area is 570 Å². The van der Waals surface area contributed by atoms with Crippen molar-refractivity contribution >= 4 is 65.0 Å². The highest BCUT2D eigenvalue weighted by Crippen LogP contribution is 2.39. The van der Waals surface area contributed by atoms with Gasteiger partial charge in [-0.1, -0.05) is 79.4 Å². The molecule has 2 aliphatic heterocycles. The van der Waals surface area contributed by atoms with Crippen LogP contribution >= 0.6 is 0 Å². The van der Waals surface area contributed by atoms with Gasteiger partial charge in [-0.05, 0) is 92.2 Å². The predicted octanol–water partition coefficient (Wildman–Crippen LogP) is 6.06. The summed E-state index contributed by atoms with van der Waals surface area (Å²) in [7, 11) is 8.72. The van der Waals surface area contributed by atoms with Gasteiger partial charge in [0.05, 0.1) is 31.7 Å². The molecule has 22 nitrogen and oxygen atoms in total. The molecule has 5 rings (SSSR count). The summed E-state index contributed by atoms with van der Waals surface area (Å²) in [4.78, 5) is 168. The maximum atomic E-state index is 16.0. The number of fused-ring (bicyclic) bond motifs is 1. The largest absolute Gasteiger partial charge is 0.422 e. The van der Waals surface area contributed by atoms with Gasteiger partial charge in [-0.25, -0.2) is 17.6 Å². The van der Waals surface area contributed by atoms with E-state index in [2.05, 4.69) is 16.0 Å². The van der Waals surface area contributed by atoms with Crippen LogP contribution in [0.4, 0.5) is 43.9 Å². The lowest BCUT2D eigenvalue weighted by molar-refractivity contribution is -0.153. The van der Waals surface area contributed by atoms with Gasteiger partial charge >= 0.3 is 12.4 Å². The van der Waals surface area contributed by atoms with E-state index in [1.54, 1.807) is 34.6 Å². The molecule has 9 atom stereocenters. The summed E-state index contributed by atoms with van der Waals surface area (Å²) in [6.45, 7) is 8.00. The Morgan fingerprint density at radius 2 is 1.14 bits per heavy atom. The Balaban J connectivity index is 1.64. The number of hydrogen-bond donors (Lipinski definition) is 3. The number of alkyl halides is 8. The third-order valence-electron chi connectivity index (χ3n) is 19.3. The van der Waals surface area contributed by atoms with Gasteiger partial charge in [-0.2, -0.15) is 26.3 Å². The number of likely N-dealkylation sites (N-methyl/N-ethyl adjacent to an activating group) is 7. The van der Waals surface area contributed by atoms with E-state index < -0.39 is 223 Å². The molecule has 2 saturated heterocycles. The molecule has 0 aromatic heterocycles. The molecule has 3 N–H and O–H groups in total.